The van der Waals surface area contributed by atoms with E-state index in [4.69, 9.17) is 0 Å². The standard InChI is InChI=1S/C5H8O2.Na.H/c1-4(6)3-5(2)7;;/h3H2,1-2H3;;. The van der Waals surface area contributed by atoms with E-state index < -0.39 is 0 Å². The Hall–Kier alpha value is 0.340. The van der Waals surface area contributed by atoms with Gasteiger partial charge < -0.3 is 0 Å². The van der Waals surface area contributed by atoms with E-state index >= 15 is 0 Å². The van der Waals surface area contributed by atoms with Crippen LogP contribution in [0, 0.1) is 0 Å². The summed E-state index contributed by atoms with van der Waals surface area (Å²) in [5.41, 5.74) is 0. The Kier molecular flexibility index (Phi) is 7.65. The van der Waals surface area contributed by atoms with Crippen molar-refractivity contribution in [3.8, 4) is 0 Å². The van der Waals surface area contributed by atoms with Crippen LogP contribution in [0.5, 0.6) is 0 Å². The molecule has 2 nitrogen and oxygen atoms in total. The summed E-state index contributed by atoms with van der Waals surface area (Å²) in [6.07, 6.45) is 0.0833. The van der Waals surface area contributed by atoms with Crippen LogP contribution in [0.15, 0.2) is 0 Å². The molecule has 0 aliphatic carbocycles. The summed E-state index contributed by atoms with van der Waals surface area (Å²) >= 11 is 0. The first kappa shape index (κ1) is 11.2. The molecule has 3 heteroatoms. The third-order valence-corrected chi connectivity index (χ3v) is 0.498. The zero-order chi connectivity index (χ0) is 5.86. The van der Waals surface area contributed by atoms with Crippen molar-refractivity contribution in [2.75, 3.05) is 0 Å². The van der Waals surface area contributed by atoms with Crippen LogP contribution in [-0.4, -0.2) is 41.1 Å². The van der Waals surface area contributed by atoms with Crippen LogP contribution in [-0.2, 0) is 9.59 Å². The van der Waals surface area contributed by atoms with Gasteiger partial charge in [-0.15, -0.1) is 0 Å². The molecule has 8 heavy (non-hydrogen) atoms. The Morgan fingerprint density at radius 2 is 1.38 bits per heavy atom. The predicted molar refractivity (Wildman–Crippen MR) is 33.1 cm³/mol. The number of carbonyl (C=O) groups excluding carboxylic acids is 2. The van der Waals surface area contributed by atoms with Gasteiger partial charge in [-0.2, -0.15) is 0 Å². The van der Waals surface area contributed by atoms with Crippen molar-refractivity contribution in [1.29, 1.82) is 0 Å². The zero-order valence-electron chi connectivity index (χ0n) is 4.52. The van der Waals surface area contributed by atoms with Gasteiger partial charge in [0.2, 0.25) is 0 Å². The minimum absolute atomic E-state index is 0. The molecule has 0 rings (SSSR count). The molecule has 0 fully saturated rings. The number of hydrogen-bond donors (Lipinski definition) is 0. The molecule has 0 aliphatic heterocycles. The molecule has 42 valence electrons. The van der Waals surface area contributed by atoms with Crippen LogP contribution in [0.2, 0.25) is 0 Å². The molecular formula is C5H9NaO2. The van der Waals surface area contributed by atoms with Gasteiger partial charge in [-0.05, 0) is 13.8 Å². The Bertz CT molecular complexity index is 86.6. The van der Waals surface area contributed by atoms with E-state index in [-0.39, 0.29) is 47.5 Å². The molecular weight excluding hydrogens is 115 g/mol. The molecule has 0 aromatic rings. The van der Waals surface area contributed by atoms with Crippen molar-refractivity contribution >= 4 is 41.1 Å². The van der Waals surface area contributed by atoms with Gasteiger partial charge in [0.25, 0.3) is 0 Å². The summed E-state index contributed by atoms with van der Waals surface area (Å²) in [7, 11) is 0. The van der Waals surface area contributed by atoms with E-state index in [1.54, 1.807) is 0 Å². The number of rotatable bonds is 2. The fourth-order valence-electron chi connectivity index (χ4n) is 0.351. The van der Waals surface area contributed by atoms with Crippen molar-refractivity contribution in [2.45, 2.75) is 20.3 Å². The van der Waals surface area contributed by atoms with Crippen molar-refractivity contribution in [2.24, 2.45) is 0 Å². The average Bonchev–Trinajstić information content (AvgIpc) is 1.27. The fourth-order valence-corrected chi connectivity index (χ4v) is 0.351. The van der Waals surface area contributed by atoms with Gasteiger partial charge in [-0.25, -0.2) is 0 Å². The summed E-state index contributed by atoms with van der Waals surface area (Å²) in [5.74, 6) is -0.125. The third kappa shape index (κ3) is 9.60. The Labute approximate surface area is 70.9 Å². The number of ketones is 2. The molecule has 0 saturated carbocycles. The quantitative estimate of drug-likeness (QED) is 0.380. The first-order valence-corrected chi connectivity index (χ1v) is 2.12. The molecule has 0 saturated heterocycles. The molecule has 0 N–H and O–H groups in total. The Morgan fingerprint density at radius 3 is 1.38 bits per heavy atom. The van der Waals surface area contributed by atoms with Gasteiger partial charge in [0.1, 0.15) is 11.6 Å². The summed E-state index contributed by atoms with van der Waals surface area (Å²) in [4.78, 5) is 20.1. The minimum atomic E-state index is -0.0625. The number of hydrogen-bond acceptors (Lipinski definition) is 2. The van der Waals surface area contributed by atoms with Crippen LogP contribution >= 0.6 is 0 Å². The van der Waals surface area contributed by atoms with E-state index in [0.717, 1.165) is 0 Å². The van der Waals surface area contributed by atoms with Crippen LogP contribution in [0.1, 0.15) is 20.3 Å². The van der Waals surface area contributed by atoms with Crippen LogP contribution in [0.25, 0.3) is 0 Å². The van der Waals surface area contributed by atoms with E-state index in [2.05, 4.69) is 0 Å². The molecule has 0 aromatic carbocycles. The van der Waals surface area contributed by atoms with Gasteiger partial charge in [-0.3, -0.25) is 9.59 Å². The average molecular weight is 124 g/mol. The molecule has 0 unspecified atom stereocenters. The maximum absolute atomic E-state index is 10.0. The summed E-state index contributed by atoms with van der Waals surface area (Å²) < 4.78 is 0. The molecule has 0 aliphatic rings. The molecule has 0 heterocycles. The molecule has 0 aromatic heterocycles. The number of Topliss-reactive ketones (excluding diaryl/α,β-unsaturated/α-hetero) is 2. The van der Waals surface area contributed by atoms with Gasteiger partial charge >= 0.3 is 29.6 Å². The first-order chi connectivity index (χ1) is 3.13. The second kappa shape index (κ2) is 5.48. The van der Waals surface area contributed by atoms with Gasteiger partial charge in [0, 0.05) is 0 Å². The van der Waals surface area contributed by atoms with Crippen LogP contribution < -0.4 is 0 Å². The summed E-state index contributed by atoms with van der Waals surface area (Å²) in [5, 5.41) is 0. The summed E-state index contributed by atoms with van der Waals surface area (Å²) in [6.45, 7) is 2.81. The Morgan fingerprint density at radius 1 is 1.12 bits per heavy atom. The van der Waals surface area contributed by atoms with E-state index in [9.17, 15) is 9.59 Å². The van der Waals surface area contributed by atoms with Gasteiger partial charge in [-0.1, -0.05) is 0 Å². The Balaban J connectivity index is 0. The van der Waals surface area contributed by atoms with E-state index in [0.29, 0.717) is 0 Å². The van der Waals surface area contributed by atoms with E-state index in [1.165, 1.54) is 13.8 Å². The molecule has 0 radical (unpaired) electrons. The SMILES string of the molecule is CC(=O)CC(C)=O.[NaH]. The van der Waals surface area contributed by atoms with Crippen molar-refractivity contribution in [3.63, 3.8) is 0 Å². The number of carbonyl (C=O) groups is 2. The molecule has 0 spiro atoms. The zero-order valence-corrected chi connectivity index (χ0v) is 4.52. The fraction of sp³-hybridized carbons (Fsp3) is 0.600. The monoisotopic (exact) mass is 124 g/mol. The normalized spacial score (nSPS) is 7.25. The van der Waals surface area contributed by atoms with Crippen molar-refractivity contribution in [1.82, 2.24) is 0 Å². The third-order valence-electron chi connectivity index (χ3n) is 0.498. The van der Waals surface area contributed by atoms with Gasteiger partial charge in [0.15, 0.2) is 0 Å². The van der Waals surface area contributed by atoms with Crippen molar-refractivity contribution in [3.05, 3.63) is 0 Å². The maximum atomic E-state index is 10.0. The second-order valence-corrected chi connectivity index (χ2v) is 1.58. The van der Waals surface area contributed by atoms with Crippen molar-refractivity contribution < 1.29 is 9.59 Å². The molecule has 0 atom stereocenters. The van der Waals surface area contributed by atoms with Gasteiger partial charge in [0.05, 0.1) is 6.42 Å². The first-order valence-electron chi connectivity index (χ1n) is 2.12. The summed E-state index contributed by atoms with van der Waals surface area (Å²) in [6, 6.07) is 0. The van der Waals surface area contributed by atoms with E-state index in [1.807, 2.05) is 0 Å². The topological polar surface area (TPSA) is 34.1 Å². The predicted octanol–water partition coefficient (Wildman–Crippen LogP) is -0.0940. The molecule has 0 amide bonds. The second-order valence-electron chi connectivity index (χ2n) is 1.58. The molecule has 0 bridgehead atoms. The van der Waals surface area contributed by atoms with Crippen LogP contribution in [0.4, 0.5) is 0 Å². The van der Waals surface area contributed by atoms with Crippen LogP contribution in [0.3, 0.4) is 0 Å².